The summed E-state index contributed by atoms with van der Waals surface area (Å²) in [5.74, 6) is -1.30. The van der Waals surface area contributed by atoms with Crippen molar-refractivity contribution in [3.63, 3.8) is 0 Å². The molecule has 1 saturated heterocycles. The lowest BCUT2D eigenvalue weighted by Crippen LogP contribution is -2.51. The summed E-state index contributed by atoms with van der Waals surface area (Å²) in [6.45, 7) is 0.804. The summed E-state index contributed by atoms with van der Waals surface area (Å²) >= 11 is 3.24. The minimum atomic E-state index is -1.08. The molecule has 1 aromatic carbocycles. The molecule has 7 nitrogen and oxygen atoms in total. The van der Waals surface area contributed by atoms with Crippen molar-refractivity contribution in [2.24, 2.45) is 0 Å². The minimum Gasteiger partial charge on any atom is -0.478 e. The zero-order valence-electron chi connectivity index (χ0n) is 10.4. The molecule has 0 aliphatic carbocycles. The predicted molar refractivity (Wildman–Crippen MR) is 74.7 cm³/mol. The van der Waals surface area contributed by atoms with Crippen molar-refractivity contribution in [1.82, 2.24) is 10.2 Å². The topological polar surface area (TPSA) is 98.7 Å². The molecule has 0 saturated carbocycles. The van der Waals surface area contributed by atoms with Gasteiger partial charge in [-0.15, -0.1) is 0 Å². The summed E-state index contributed by atoms with van der Waals surface area (Å²) < 4.78 is 0.567. The number of piperazine rings is 1. The summed E-state index contributed by atoms with van der Waals surface area (Å²) in [5.41, 5.74) is 0.417. The highest BCUT2D eigenvalue weighted by Gasteiger charge is 2.21. The molecule has 0 aromatic heterocycles. The Morgan fingerprint density at radius 2 is 2.15 bits per heavy atom. The average Bonchev–Trinajstić information content (AvgIpc) is 2.41. The maximum atomic E-state index is 12.0. The SMILES string of the molecule is O=C1CN(C(=O)Nc2cc(C(=O)O)ccc2Br)CCN1. The van der Waals surface area contributed by atoms with E-state index in [9.17, 15) is 14.4 Å². The number of amides is 3. The largest absolute Gasteiger partial charge is 0.478 e. The van der Waals surface area contributed by atoms with Gasteiger partial charge in [-0.25, -0.2) is 9.59 Å². The van der Waals surface area contributed by atoms with E-state index in [4.69, 9.17) is 5.11 Å². The average molecular weight is 342 g/mol. The minimum absolute atomic E-state index is 0.0118. The second-order valence-corrected chi connectivity index (χ2v) is 5.06. The molecule has 8 heteroatoms. The Bertz CT molecular complexity index is 576. The van der Waals surface area contributed by atoms with Crippen molar-refractivity contribution in [1.29, 1.82) is 0 Å². The molecule has 1 aliphatic heterocycles. The molecule has 3 N–H and O–H groups in total. The third-order valence-corrected chi connectivity index (χ3v) is 3.47. The first-order chi connectivity index (χ1) is 9.47. The number of nitrogens with zero attached hydrogens (tertiary/aromatic N) is 1. The zero-order chi connectivity index (χ0) is 14.7. The van der Waals surface area contributed by atoms with Crippen molar-refractivity contribution >= 4 is 39.5 Å². The van der Waals surface area contributed by atoms with Crippen LogP contribution in [0.25, 0.3) is 0 Å². The van der Waals surface area contributed by atoms with E-state index in [0.29, 0.717) is 23.2 Å². The monoisotopic (exact) mass is 341 g/mol. The van der Waals surface area contributed by atoms with Gasteiger partial charge in [-0.2, -0.15) is 0 Å². The van der Waals surface area contributed by atoms with Crippen molar-refractivity contribution in [2.75, 3.05) is 25.0 Å². The summed E-state index contributed by atoms with van der Waals surface area (Å²) in [7, 11) is 0. The Labute approximate surface area is 123 Å². The smallest absolute Gasteiger partial charge is 0.335 e. The number of carboxylic acid groups (broad SMARTS) is 1. The molecule has 2 rings (SSSR count). The van der Waals surface area contributed by atoms with Gasteiger partial charge in [0, 0.05) is 17.6 Å². The normalized spacial score (nSPS) is 14.7. The lowest BCUT2D eigenvalue weighted by atomic mass is 10.2. The Kier molecular flexibility index (Phi) is 4.23. The van der Waals surface area contributed by atoms with Crippen LogP contribution in [-0.4, -0.2) is 47.5 Å². The third kappa shape index (κ3) is 3.27. The number of anilines is 1. The fourth-order valence-electron chi connectivity index (χ4n) is 1.76. The fourth-order valence-corrected chi connectivity index (χ4v) is 2.11. The highest BCUT2D eigenvalue weighted by Crippen LogP contribution is 2.24. The first-order valence-corrected chi connectivity index (χ1v) is 6.62. The molecule has 0 radical (unpaired) electrons. The number of hydrogen-bond acceptors (Lipinski definition) is 3. The van der Waals surface area contributed by atoms with Crippen LogP contribution in [0.2, 0.25) is 0 Å². The van der Waals surface area contributed by atoms with Crippen LogP contribution in [0, 0.1) is 0 Å². The van der Waals surface area contributed by atoms with Gasteiger partial charge in [-0.05, 0) is 34.1 Å². The molecule has 3 amide bonds. The van der Waals surface area contributed by atoms with Gasteiger partial charge in [-0.1, -0.05) is 0 Å². The van der Waals surface area contributed by atoms with Crippen LogP contribution in [0.15, 0.2) is 22.7 Å². The van der Waals surface area contributed by atoms with Crippen LogP contribution >= 0.6 is 15.9 Å². The number of urea groups is 1. The molecular formula is C12H12BrN3O4. The van der Waals surface area contributed by atoms with Crippen LogP contribution in [0.4, 0.5) is 10.5 Å². The van der Waals surface area contributed by atoms with E-state index in [2.05, 4.69) is 26.6 Å². The van der Waals surface area contributed by atoms with Gasteiger partial charge in [0.1, 0.15) is 6.54 Å². The molecule has 1 aromatic rings. The molecule has 0 unspecified atom stereocenters. The summed E-state index contributed by atoms with van der Waals surface area (Å²) in [4.78, 5) is 35.5. The maximum absolute atomic E-state index is 12.0. The van der Waals surface area contributed by atoms with E-state index < -0.39 is 12.0 Å². The van der Waals surface area contributed by atoms with Gasteiger partial charge in [0.2, 0.25) is 5.91 Å². The Hall–Kier alpha value is -2.09. The second kappa shape index (κ2) is 5.91. The lowest BCUT2D eigenvalue weighted by molar-refractivity contribution is -0.123. The molecule has 1 fully saturated rings. The number of halogens is 1. The van der Waals surface area contributed by atoms with Crippen molar-refractivity contribution < 1.29 is 19.5 Å². The van der Waals surface area contributed by atoms with E-state index in [1.165, 1.54) is 17.0 Å². The summed E-state index contributed by atoms with van der Waals surface area (Å²) in [6, 6.07) is 3.88. The zero-order valence-corrected chi connectivity index (χ0v) is 11.9. The van der Waals surface area contributed by atoms with Crippen LogP contribution < -0.4 is 10.6 Å². The van der Waals surface area contributed by atoms with Gasteiger partial charge in [0.25, 0.3) is 0 Å². The molecule has 1 aliphatic rings. The number of carboxylic acids is 1. The van der Waals surface area contributed by atoms with Crippen molar-refractivity contribution in [2.45, 2.75) is 0 Å². The van der Waals surface area contributed by atoms with E-state index in [1.807, 2.05) is 0 Å². The van der Waals surface area contributed by atoms with Crippen molar-refractivity contribution in [3.8, 4) is 0 Å². The summed E-state index contributed by atoms with van der Waals surface area (Å²) in [5, 5.41) is 14.1. The summed E-state index contributed by atoms with van der Waals surface area (Å²) in [6.07, 6.45) is 0. The Morgan fingerprint density at radius 3 is 2.80 bits per heavy atom. The highest BCUT2D eigenvalue weighted by molar-refractivity contribution is 9.10. The lowest BCUT2D eigenvalue weighted by Gasteiger charge is -2.27. The number of carbonyl (C=O) groups is 3. The van der Waals surface area contributed by atoms with E-state index >= 15 is 0 Å². The van der Waals surface area contributed by atoms with Gasteiger partial charge >= 0.3 is 12.0 Å². The molecule has 0 spiro atoms. The van der Waals surface area contributed by atoms with E-state index in [0.717, 1.165) is 0 Å². The first-order valence-electron chi connectivity index (χ1n) is 5.83. The van der Waals surface area contributed by atoms with Gasteiger partial charge in [0.05, 0.1) is 11.3 Å². The fraction of sp³-hybridized carbons (Fsp3) is 0.250. The van der Waals surface area contributed by atoms with E-state index in [1.54, 1.807) is 6.07 Å². The highest BCUT2D eigenvalue weighted by atomic mass is 79.9. The third-order valence-electron chi connectivity index (χ3n) is 2.78. The molecular weight excluding hydrogens is 330 g/mol. The van der Waals surface area contributed by atoms with Gasteiger partial charge < -0.3 is 20.6 Å². The molecule has 20 heavy (non-hydrogen) atoms. The van der Waals surface area contributed by atoms with E-state index in [-0.39, 0.29) is 18.0 Å². The molecule has 106 valence electrons. The first kappa shape index (κ1) is 14.3. The van der Waals surface area contributed by atoms with Gasteiger partial charge in [0.15, 0.2) is 0 Å². The van der Waals surface area contributed by atoms with Crippen LogP contribution in [0.3, 0.4) is 0 Å². The Morgan fingerprint density at radius 1 is 1.40 bits per heavy atom. The number of aromatic carboxylic acids is 1. The Balaban J connectivity index is 2.12. The standard InChI is InChI=1S/C12H12BrN3O4/c13-8-2-1-7(11(18)19)5-9(8)15-12(20)16-4-3-14-10(17)6-16/h1-2,5H,3-4,6H2,(H,14,17)(H,15,20)(H,18,19). The molecule has 0 bridgehead atoms. The maximum Gasteiger partial charge on any atom is 0.335 e. The van der Waals surface area contributed by atoms with Crippen molar-refractivity contribution in [3.05, 3.63) is 28.2 Å². The number of rotatable bonds is 2. The molecule has 1 heterocycles. The number of hydrogen-bond donors (Lipinski definition) is 3. The quantitative estimate of drug-likeness (QED) is 0.750. The van der Waals surface area contributed by atoms with Crippen LogP contribution in [0.1, 0.15) is 10.4 Å². The number of benzene rings is 1. The molecule has 0 atom stereocenters. The van der Waals surface area contributed by atoms with Gasteiger partial charge in [-0.3, -0.25) is 4.79 Å². The van der Waals surface area contributed by atoms with Crippen LogP contribution in [0.5, 0.6) is 0 Å². The number of nitrogens with one attached hydrogen (secondary N) is 2. The number of carbonyl (C=O) groups excluding carboxylic acids is 2. The predicted octanol–water partition coefficient (Wildman–Crippen LogP) is 1.11. The second-order valence-electron chi connectivity index (χ2n) is 4.20. The van der Waals surface area contributed by atoms with Crippen LogP contribution in [-0.2, 0) is 4.79 Å².